The minimum absolute atomic E-state index is 0.0322. The van der Waals surface area contributed by atoms with Crippen LogP contribution in [-0.2, 0) is 13.0 Å². The monoisotopic (exact) mass is 263 g/mol. The van der Waals surface area contributed by atoms with Crippen LogP contribution in [0, 0.1) is 5.82 Å². The molecular weight excluding hydrogens is 245 g/mol. The number of para-hydroxylation sites is 1. The second-order valence-corrected chi connectivity index (χ2v) is 4.53. The van der Waals surface area contributed by atoms with Crippen molar-refractivity contribution in [3.8, 4) is 5.75 Å². The lowest BCUT2D eigenvalue weighted by atomic mass is 10.1. The van der Waals surface area contributed by atoms with Crippen LogP contribution >= 0.6 is 0 Å². The topological polar surface area (TPSA) is 53.1 Å². The van der Waals surface area contributed by atoms with Gasteiger partial charge < -0.3 is 10.5 Å². The van der Waals surface area contributed by atoms with Gasteiger partial charge in [0.2, 0.25) is 0 Å². The molecular formula is C14H18FN3O. The molecule has 0 amide bonds. The van der Waals surface area contributed by atoms with E-state index < -0.39 is 0 Å². The quantitative estimate of drug-likeness (QED) is 0.867. The third-order valence-electron chi connectivity index (χ3n) is 2.72. The highest BCUT2D eigenvalue weighted by molar-refractivity contribution is 5.35. The number of rotatable bonds is 6. The summed E-state index contributed by atoms with van der Waals surface area (Å²) >= 11 is 0. The van der Waals surface area contributed by atoms with E-state index in [1.807, 2.05) is 25.3 Å². The Bertz CT molecular complexity index is 511. The van der Waals surface area contributed by atoms with Gasteiger partial charge in [-0.25, -0.2) is 4.39 Å². The van der Waals surface area contributed by atoms with Crippen molar-refractivity contribution in [3.63, 3.8) is 0 Å². The van der Waals surface area contributed by atoms with Crippen molar-refractivity contribution in [2.45, 2.75) is 25.9 Å². The zero-order valence-corrected chi connectivity index (χ0v) is 10.9. The maximum atomic E-state index is 13.8. The minimum Gasteiger partial charge on any atom is -0.488 e. The van der Waals surface area contributed by atoms with Crippen molar-refractivity contribution in [2.75, 3.05) is 6.61 Å². The van der Waals surface area contributed by atoms with Crippen LogP contribution in [-0.4, -0.2) is 22.4 Å². The highest BCUT2D eigenvalue weighted by Crippen LogP contribution is 2.23. The predicted octanol–water partition coefficient (Wildman–Crippen LogP) is 1.99. The van der Waals surface area contributed by atoms with Crippen LogP contribution in [0.4, 0.5) is 4.39 Å². The SMILES string of the molecule is CC(N)Cc1cccc(F)c1OCCn1cccn1. The predicted molar refractivity (Wildman–Crippen MR) is 71.5 cm³/mol. The fraction of sp³-hybridized carbons (Fsp3) is 0.357. The Morgan fingerprint density at radius 3 is 2.95 bits per heavy atom. The molecule has 1 heterocycles. The molecule has 2 rings (SSSR count). The highest BCUT2D eigenvalue weighted by Gasteiger charge is 2.11. The molecule has 102 valence electrons. The van der Waals surface area contributed by atoms with Crippen LogP contribution in [0.2, 0.25) is 0 Å². The molecule has 5 heteroatoms. The first kappa shape index (κ1) is 13.5. The van der Waals surface area contributed by atoms with E-state index in [2.05, 4.69) is 5.10 Å². The van der Waals surface area contributed by atoms with Crippen LogP contribution in [0.25, 0.3) is 0 Å². The number of hydrogen-bond acceptors (Lipinski definition) is 3. The summed E-state index contributed by atoms with van der Waals surface area (Å²) in [6.07, 6.45) is 4.13. The molecule has 0 aliphatic rings. The van der Waals surface area contributed by atoms with Crippen molar-refractivity contribution in [3.05, 3.63) is 48.0 Å². The molecule has 0 radical (unpaired) electrons. The van der Waals surface area contributed by atoms with E-state index in [1.165, 1.54) is 6.07 Å². The summed E-state index contributed by atoms with van der Waals surface area (Å²) in [7, 11) is 0. The molecule has 0 bridgehead atoms. The molecule has 0 fully saturated rings. The summed E-state index contributed by atoms with van der Waals surface area (Å²) in [5.41, 5.74) is 6.56. The van der Waals surface area contributed by atoms with Gasteiger partial charge in [-0.1, -0.05) is 12.1 Å². The molecule has 0 saturated carbocycles. The van der Waals surface area contributed by atoms with Gasteiger partial charge in [0.15, 0.2) is 11.6 Å². The van der Waals surface area contributed by atoms with Gasteiger partial charge in [0.1, 0.15) is 6.61 Å². The lowest BCUT2D eigenvalue weighted by Crippen LogP contribution is -2.19. The van der Waals surface area contributed by atoms with E-state index in [-0.39, 0.29) is 11.9 Å². The Morgan fingerprint density at radius 1 is 1.42 bits per heavy atom. The maximum Gasteiger partial charge on any atom is 0.165 e. The standard InChI is InChI=1S/C14H18FN3O/c1-11(16)10-12-4-2-5-13(15)14(12)19-9-8-18-7-3-6-17-18/h2-7,11H,8-10,16H2,1H3. The van der Waals surface area contributed by atoms with E-state index in [1.54, 1.807) is 16.9 Å². The fourth-order valence-electron chi connectivity index (χ4n) is 1.90. The number of halogens is 1. The first-order valence-electron chi connectivity index (χ1n) is 6.30. The highest BCUT2D eigenvalue weighted by atomic mass is 19.1. The van der Waals surface area contributed by atoms with E-state index in [0.29, 0.717) is 25.3 Å². The summed E-state index contributed by atoms with van der Waals surface area (Å²) < 4.78 is 21.1. The van der Waals surface area contributed by atoms with Gasteiger partial charge >= 0.3 is 0 Å². The van der Waals surface area contributed by atoms with Crippen molar-refractivity contribution in [1.82, 2.24) is 9.78 Å². The first-order chi connectivity index (χ1) is 9.16. The molecule has 0 aliphatic heterocycles. The lowest BCUT2D eigenvalue weighted by molar-refractivity contribution is 0.275. The molecule has 1 atom stereocenters. The molecule has 4 nitrogen and oxygen atoms in total. The van der Waals surface area contributed by atoms with Crippen LogP contribution in [0.15, 0.2) is 36.7 Å². The minimum atomic E-state index is -0.349. The zero-order valence-electron chi connectivity index (χ0n) is 10.9. The average molecular weight is 263 g/mol. The number of hydrogen-bond donors (Lipinski definition) is 1. The van der Waals surface area contributed by atoms with Crippen LogP contribution in [0.3, 0.4) is 0 Å². The smallest absolute Gasteiger partial charge is 0.165 e. The molecule has 1 unspecified atom stereocenters. The van der Waals surface area contributed by atoms with Crippen LogP contribution in [0.5, 0.6) is 5.75 Å². The van der Waals surface area contributed by atoms with E-state index >= 15 is 0 Å². The summed E-state index contributed by atoms with van der Waals surface area (Å²) in [5, 5.41) is 4.06. The van der Waals surface area contributed by atoms with E-state index in [0.717, 1.165) is 5.56 Å². The maximum absolute atomic E-state index is 13.8. The summed E-state index contributed by atoms with van der Waals surface area (Å²) in [5.74, 6) is -0.0504. The van der Waals surface area contributed by atoms with Crippen molar-refractivity contribution in [2.24, 2.45) is 5.73 Å². The van der Waals surface area contributed by atoms with Crippen LogP contribution < -0.4 is 10.5 Å². The summed E-state index contributed by atoms with van der Waals surface area (Å²) in [4.78, 5) is 0. The largest absolute Gasteiger partial charge is 0.488 e. The van der Waals surface area contributed by atoms with Gasteiger partial charge in [-0.05, 0) is 31.0 Å². The molecule has 1 aromatic carbocycles. The van der Waals surface area contributed by atoms with Crippen molar-refractivity contribution in [1.29, 1.82) is 0 Å². The number of ether oxygens (including phenoxy) is 1. The number of aromatic nitrogens is 2. The van der Waals surface area contributed by atoms with Crippen molar-refractivity contribution < 1.29 is 9.13 Å². The fourth-order valence-corrected chi connectivity index (χ4v) is 1.90. The molecule has 2 N–H and O–H groups in total. The molecule has 0 saturated heterocycles. The molecule has 1 aromatic heterocycles. The molecule has 0 spiro atoms. The second-order valence-electron chi connectivity index (χ2n) is 4.53. The lowest BCUT2D eigenvalue weighted by Gasteiger charge is -2.13. The summed E-state index contributed by atoms with van der Waals surface area (Å²) in [6.45, 7) is 2.84. The normalized spacial score (nSPS) is 12.4. The Kier molecular flexibility index (Phi) is 4.52. The number of nitrogens with zero attached hydrogens (tertiary/aromatic N) is 2. The molecule has 0 aliphatic carbocycles. The zero-order chi connectivity index (χ0) is 13.7. The number of nitrogens with two attached hydrogens (primary N) is 1. The van der Waals surface area contributed by atoms with Crippen LogP contribution in [0.1, 0.15) is 12.5 Å². The van der Waals surface area contributed by atoms with Gasteiger partial charge in [-0.15, -0.1) is 0 Å². The van der Waals surface area contributed by atoms with E-state index in [4.69, 9.17) is 10.5 Å². The van der Waals surface area contributed by atoms with Gasteiger partial charge in [-0.2, -0.15) is 5.10 Å². The second kappa shape index (κ2) is 6.33. The average Bonchev–Trinajstić information content (AvgIpc) is 2.85. The van der Waals surface area contributed by atoms with Gasteiger partial charge in [0.25, 0.3) is 0 Å². The van der Waals surface area contributed by atoms with Gasteiger partial charge in [0, 0.05) is 18.4 Å². The third kappa shape index (κ3) is 3.79. The van der Waals surface area contributed by atoms with E-state index in [9.17, 15) is 4.39 Å². The first-order valence-corrected chi connectivity index (χ1v) is 6.30. The molecule has 2 aromatic rings. The molecule has 19 heavy (non-hydrogen) atoms. The third-order valence-corrected chi connectivity index (χ3v) is 2.72. The Hall–Kier alpha value is -1.88. The Labute approximate surface area is 112 Å². The number of benzene rings is 1. The van der Waals surface area contributed by atoms with Gasteiger partial charge in [-0.3, -0.25) is 4.68 Å². The Morgan fingerprint density at radius 2 is 2.26 bits per heavy atom. The Balaban J connectivity index is 2.01. The van der Waals surface area contributed by atoms with Gasteiger partial charge in [0.05, 0.1) is 6.54 Å². The summed E-state index contributed by atoms with van der Waals surface area (Å²) in [6, 6.07) is 6.72. The van der Waals surface area contributed by atoms with Crippen molar-refractivity contribution >= 4 is 0 Å².